The molecular weight excluding hydrogens is 274 g/mol. The molecule has 0 spiro atoms. The lowest BCUT2D eigenvalue weighted by Gasteiger charge is -2.28. The highest BCUT2D eigenvalue weighted by molar-refractivity contribution is 5.14. The maximum Gasteiger partial charge on any atom is 0.139 e. The van der Waals surface area contributed by atoms with Crippen molar-refractivity contribution in [3.05, 3.63) is 35.5 Å². The highest BCUT2D eigenvalue weighted by Gasteiger charge is 2.27. The van der Waals surface area contributed by atoms with Gasteiger partial charge >= 0.3 is 0 Å². The first kappa shape index (κ1) is 16.8. The Hall–Kier alpha value is -1.58. The fourth-order valence-corrected chi connectivity index (χ4v) is 2.72. The van der Waals surface area contributed by atoms with Gasteiger partial charge in [-0.1, -0.05) is 39.8 Å². The van der Waals surface area contributed by atoms with Gasteiger partial charge in [-0.15, -0.1) is 0 Å². The highest BCUT2D eigenvalue weighted by Crippen LogP contribution is 2.31. The second-order valence-corrected chi connectivity index (χ2v) is 7.60. The summed E-state index contributed by atoms with van der Waals surface area (Å²) < 4.78 is 7.52. The van der Waals surface area contributed by atoms with Gasteiger partial charge in [0.2, 0.25) is 0 Å². The second-order valence-electron chi connectivity index (χ2n) is 7.60. The molecule has 1 unspecified atom stereocenters. The van der Waals surface area contributed by atoms with E-state index in [0.717, 1.165) is 17.9 Å². The third kappa shape index (κ3) is 3.60. The average Bonchev–Trinajstić information content (AvgIpc) is 3.08. The molecular formula is C18H29N3O. The summed E-state index contributed by atoms with van der Waals surface area (Å²) in [7, 11) is 0. The molecule has 0 amide bonds. The summed E-state index contributed by atoms with van der Waals surface area (Å²) in [6.07, 6.45) is 5.11. The first-order chi connectivity index (χ1) is 10.2. The lowest BCUT2D eigenvalue weighted by molar-refractivity contribution is 0.271. The molecule has 4 heteroatoms. The number of aromatic nitrogens is 3. The van der Waals surface area contributed by atoms with Gasteiger partial charge < -0.3 is 4.52 Å². The van der Waals surface area contributed by atoms with Crippen molar-refractivity contribution in [3.63, 3.8) is 0 Å². The minimum absolute atomic E-state index is 0.0521. The molecule has 0 aromatic carbocycles. The van der Waals surface area contributed by atoms with Crippen molar-refractivity contribution in [2.75, 3.05) is 0 Å². The fourth-order valence-electron chi connectivity index (χ4n) is 2.72. The molecule has 0 saturated carbocycles. The summed E-state index contributed by atoms with van der Waals surface area (Å²) in [6, 6.07) is 2.09. The zero-order chi connectivity index (χ0) is 16.5. The quantitative estimate of drug-likeness (QED) is 0.750. The van der Waals surface area contributed by atoms with E-state index in [-0.39, 0.29) is 5.54 Å². The molecule has 2 aromatic heterocycles. The van der Waals surface area contributed by atoms with Crippen LogP contribution in [0.25, 0.3) is 0 Å². The lowest BCUT2D eigenvalue weighted by Crippen LogP contribution is -2.28. The van der Waals surface area contributed by atoms with Crippen molar-refractivity contribution in [3.8, 4) is 0 Å². The lowest BCUT2D eigenvalue weighted by atomic mass is 9.89. The maximum atomic E-state index is 5.43. The highest BCUT2D eigenvalue weighted by atomic mass is 16.5. The number of nitrogens with zero attached hydrogens (tertiary/aromatic N) is 3. The summed E-state index contributed by atoms with van der Waals surface area (Å²) in [4.78, 5) is 0. The van der Waals surface area contributed by atoms with Crippen LogP contribution in [0.5, 0.6) is 0 Å². The number of hydrogen-bond acceptors (Lipinski definition) is 3. The van der Waals surface area contributed by atoms with E-state index in [1.165, 1.54) is 5.56 Å². The summed E-state index contributed by atoms with van der Waals surface area (Å²) in [6.45, 7) is 15.3. The Morgan fingerprint density at radius 3 is 2.32 bits per heavy atom. The molecule has 0 aliphatic heterocycles. The Bertz CT molecular complexity index is 607. The smallest absolute Gasteiger partial charge is 0.139 e. The van der Waals surface area contributed by atoms with Gasteiger partial charge in [0.25, 0.3) is 0 Å². The molecule has 4 nitrogen and oxygen atoms in total. The molecule has 0 N–H and O–H groups in total. The van der Waals surface area contributed by atoms with Crippen LogP contribution in [0.3, 0.4) is 0 Å². The van der Waals surface area contributed by atoms with Crippen LogP contribution in [0.15, 0.2) is 23.0 Å². The Morgan fingerprint density at radius 1 is 1.14 bits per heavy atom. The molecule has 0 aliphatic rings. The molecule has 2 aromatic rings. The summed E-state index contributed by atoms with van der Waals surface area (Å²) >= 11 is 0. The van der Waals surface area contributed by atoms with Crippen LogP contribution in [-0.2, 0) is 5.54 Å². The Balaban J connectivity index is 2.12. The zero-order valence-electron chi connectivity index (χ0n) is 14.9. The van der Waals surface area contributed by atoms with Gasteiger partial charge in [0.05, 0.1) is 17.4 Å². The molecule has 2 heterocycles. The molecule has 2 rings (SSSR count). The van der Waals surface area contributed by atoms with Gasteiger partial charge in [-0.2, -0.15) is 5.10 Å². The van der Waals surface area contributed by atoms with Crippen molar-refractivity contribution >= 4 is 0 Å². The van der Waals surface area contributed by atoms with Crippen molar-refractivity contribution in [1.29, 1.82) is 0 Å². The minimum Gasteiger partial charge on any atom is -0.361 e. The maximum absolute atomic E-state index is 5.43. The largest absolute Gasteiger partial charge is 0.361 e. The average molecular weight is 303 g/mol. The van der Waals surface area contributed by atoms with Crippen LogP contribution in [0.1, 0.15) is 89.7 Å². The van der Waals surface area contributed by atoms with E-state index in [1.807, 2.05) is 6.20 Å². The van der Waals surface area contributed by atoms with E-state index in [1.54, 1.807) is 0 Å². The van der Waals surface area contributed by atoms with E-state index in [4.69, 9.17) is 4.52 Å². The molecule has 0 aliphatic carbocycles. The van der Waals surface area contributed by atoms with Gasteiger partial charge in [-0.05, 0) is 31.7 Å². The summed E-state index contributed by atoms with van der Waals surface area (Å²) in [5, 5.41) is 8.81. The molecule has 122 valence electrons. The Morgan fingerprint density at radius 2 is 1.82 bits per heavy atom. The van der Waals surface area contributed by atoms with Crippen LogP contribution < -0.4 is 0 Å². The third-order valence-corrected chi connectivity index (χ3v) is 4.32. The standard InChI is InChI=1S/C18H29N3O/c1-12(2)15-10-19-21(11-15)18(6,7)9-14(5)16-8-17(13(3)4)22-20-16/h8,10-14H,9H2,1-7H3. The van der Waals surface area contributed by atoms with Crippen LogP contribution >= 0.6 is 0 Å². The Labute approximate surface area is 133 Å². The fraction of sp³-hybridized carbons (Fsp3) is 0.667. The first-order valence-corrected chi connectivity index (χ1v) is 8.22. The molecule has 22 heavy (non-hydrogen) atoms. The molecule has 0 bridgehead atoms. The van der Waals surface area contributed by atoms with Crippen molar-refractivity contribution in [2.24, 2.45) is 0 Å². The normalized spacial score (nSPS) is 14.0. The minimum atomic E-state index is -0.0521. The number of rotatable bonds is 6. The third-order valence-electron chi connectivity index (χ3n) is 4.32. The molecule has 0 fully saturated rings. The summed E-state index contributed by atoms with van der Waals surface area (Å²) in [5.41, 5.74) is 2.26. The molecule has 0 saturated heterocycles. The van der Waals surface area contributed by atoms with Gasteiger partial charge in [0.15, 0.2) is 0 Å². The SMILES string of the molecule is CC(C)c1cnn(C(C)(C)CC(C)c2cc(C(C)C)on2)c1. The molecule has 1 atom stereocenters. The van der Waals surface area contributed by atoms with Crippen LogP contribution in [0.4, 0.5) is 0 Å². The number of hydrogen-bond donors (Lipinski definition) is 0. The monoisotopic (exact) mass is 303 g/mol. The van der Waals surface area contributed by atoms with Crippen molar-refractivity contribution < 1.29 is 4.52 Å². The van der Waals surface area contributed by atoms with Gasteiger partial charge in [0, 0.05) is 24.1 Å². The van der Waals surface area contributed by atoms with E-state index in [9.17, 15) is 0 Å². The topological polar surface area (TPSA) is 43.9 Å². The van der Waals surface area contributed by atoms with E-state index >= 15 is 0 Å². The van der Waals surface area contributed by atoms with Crippen LogP contribution in [-0.4, -0.2) is 14.9 Å². The Kier molecular flexibility index (Phi) is 4.78. The predicted molar refractivity (Wildman–Crippen MR) is 89.3 cm³/mol. The van der Waals surface area contributed by atoms with Crippen molar-refractivity contribution in [1.82, 2.24) is 14.9 Å². The van der Waals surface area contributed by atoms with E-state index in [2.05, 4.69) is 75.7 Å². The molecule has 0 radical (unpaired) electrons. The first-order valence-electron chi connectivity index (χ1n) is 8.22. The van der Waals surface area contributed by atoms with Gasteiger partial charge in [-0.25, -0.2) is 0 Å². The van der Waals surface area contributed by atoms with E-state index < -0.39 is 0 Å². The van der Waals surface area contributed by atoms with Gasteiger partial charge in [-0.3, -0.25) is 4.68 Å². The van der Waals surface area contributed by atoms with Crippen molar-refractivity contribution in [2.45, 2.75) is 78.2 Å². The summed E-state index contributed by atoms with van der Waals surface area (Å²) in [5.74, 6) is 2.17. The van der Waals surface area contributed by atoms with Gasteiger partial charge in [0.1, 0.15) is 5.76 Å². The zero-order valence-corrected chi connectivity index (χ0v) is 14.9. The van der Waals surface area contributed by atoms with E-state index in [0.29, 0.717) is 17.8 Å². The van der Waals surface area contributed by atoms with Crippen LogP contribution in [0.2, 0.25) is 0 Å². The second kappa shape index (κ2) is 6.27. The predicted octanol–water partition coefficient (Wildman–Crippen LogP) is 5.05. The van der Waals surface area contributed by atoms with Crippen LogP contribution in [0, 0.1) is 0 Å².